The topological polar surface area (TPSA) is 78.9 Å². The minimum atomic E-state index is -0.927. The van der Waals surface area contributed by atoms with Crippen molar-refractivity contribution in [2.24, 2.45) is 0 Å². The molecule has 3 rings (SSSR count). The van der Waals surface area contributed by atoms with E-state index >= 15 is 0 Å². The van der Waals surface area contributed by atoms with Crippen molar-refractivity contribution in [3.05, 3.63) is 60.3 Å². The van der Waals surface area contributed by atoms with Crippen LogP contribution >= 0.6 is 0 Å². The smallest absolute Gasteiger partial charge is 0.317 e. The average molecular weight is 253 g/mol. The number of nitrogens with zero attached hydrogens (tertiary/aromatic N) is 2. The molecule has 19 heavy (non-hydrogen) atoms. The maximum absolute atomic E-state index is 11.6. The average Bonchev–Trinajstić information content (AvgIpc) is 2.84. The van der Waals surface area contributed by atoms with Crippen molar-refractivity contribution in [3.63, 3.8) is 0 Å². The van der Waals surface area contributed by atoms with Crippen LogP contribution in [0.25, 0.3) is 10.9 Å². The molecule has 0 saturated heterocycles. The first kappa shape index (κ1) is 11.4. The SMILES string of the molecule is O=C(O)C(c1ccncn1)c1c[nH]c2ccccc12. The van der Waals surface area contributed by atoms with Crippen molar-refractivity contribution < 1.29 is 9.90 Å². The number of benzene rings is 1. The van der Waals surface area contributed by atoms with E-state index in [1.54, 1.807) is 18.5 Å². The fraction of sp³-hybridized carbons (Fsp3) is 0.0714. The van der Waals surface area contributed by atoms with Gasteiger partial charge in [0, 0.05) is 23.3 Å². The molecule has 2 heterocycles. The van der Waals surface area contributed by atoms with Crippen LogP contribution in [0.2, 0.25) is 0 Å². The van der Waals surface area contributed by atoms with E-state index in [1.165, 1.54) is 6.33 Å². The second-order valence-electron chi connectivity index (χ2n) is 4.20. The van der Waals surface area contributed by atoms with Gasteiger partial charge in [0.2, 0.25) is 0 Å². The molecule has 0 spiro atoms. The van der Waals surface area contributed by atoms with Gasteiger partial charge in [-0.15, -0.1) is 0 Å². The number of aromatic nitrogens is 3. The molecule has 0 saturated carbocycles. The Hall–Kier alpha value is -2.69. The van der Waals surface area contributed by atoms with Crippen molar-refractivity contribution in [3.8, 4) is 0 Å². The number of nitrogens with one attached hydrogen (secondary N) is 1. The van der Waals surface area contributed by atoms with Gasteiger partial charge >= 0.3 is 5.97 Å². The summed E-state index contributed by atoms with van der Waals surface area (Å²) in [5, 5.41) is 10.4. The van der Waals surface area contributed by atoms with Crippen molar-refractivity contribution in [1.29, 1.82) is 0 Å². The Kier molecular flexibility index (Phi) is 2.72. The molecule has 0 radical (unpaired) electrons. The van der Waals surface area contributed by atoms with Crippen LogP contribution in [0.15, 0.2) is 49.1 Å². The third-order valence-corrected chi connectivity index (χ3v) is 3.08. The third-order valence-electron chi connectivity index (χ3n) is 3.08. The van der Waals surface area contributed by atoms with E-state index in [0.717, 1.165) is 10.9 Å². The molecule has 2 aromatic heterocycles. The van der Waals surface area contributed by atoms with Crippen LogP contribution in [0.5, 0.6) is 0 Å². The van der Waals surface area contributed by atoms with Gasteiger partial charge in [-0.05, 0) is 17.7 Å². The Balaban J connectivity index is 2.18. The summed E-state index contributed by atoms with van der Waals surface area (Å²) in [7, 11) is 0. The minimum Gasteiger partial charge on any atom is -0.480 e. The van der Waals surface area contributed by atoms with Gasteiger partial charge in [-0.2, -0.15) is 0 Å². The van der Waals surface area contributed by atoms with Gasteiger partial charge in [0.1, 0.15) is 12.2 Å². The van der Waals surface area contributed by atoms with Gasteiger partial charge in [-0.3, -0.25) is 4.79 Å². The molecular formula is C14H11N3O2. The number of para-hydroxylation sites is 1. The largest absolute Gasteiger partial charge is 0.480 e. The quantitative estimate of drug-likeness (QED) is 0.749. The fourth-order valence-corrected chi connectivity index (χ4v) is 2.22. The summed E-state index contributed by atoms with van der Waals surface area (Å²) in [6.45, 7) is 0. The normalized spacial score (nSPS) is 12.4. The van der Waals surface area contributed by atoms with E-state index < -0.39 is 11.9 Å². The molecule has 0 bridgehead atoms. The zero-order valence-corrected chi connectivity index (χ0v) is 9.95. The van der Waals surface area contributed by atoms with Gasteiger partial charge in [-0.1, -0.05) is 18.2 Å². The molecule has 1 unspecified atom stereocenters. The molecule has 3 aromatic rings. The lowest BCUT2D eigenvalue weighted by molar-refractivity contribution is -0.137. The number of carboxylic acids is 1. The molecule has 2 N–H and O–H groups in total. The maximum Gasteiger partial charge on any atom is 0.317 e. The van der Waals surface area contributed by atoms with E-state index in [4.69, 9.17) is 0 Å². The summed E-state index contributed by atoms with van der Waals surface area (Å²) in [5.41, 5.74) is 2.10. The lowest BCUT2D eigenvalue weighted by Crippen LogP contribution is -2.14. The second-order valence-corrected chi connectivity index (χ2v) is 4.20. The summed E-state index contributed by atoms with van der Waals surface area (Å²) >= 11 is 0. The number of carboxylic acid groups (broad SMARTS) is 1. The second kappa shape index (κ2) is 4.53. The molecule has 0 aliphatic heterocycles. The number of hydrogen-bond donors (Lipinski definition) is 2. The van der Waals surface area contributed by atoms with E-state index in [0.29, 0.717) is 11.3 Å². The first-order chi connectivity index (χ1) is 9.27. The summed E-state index contributed by atoms with van der Waals surface area (Å²) in [4.78, 5) is 22.5. The summed E-state index contributed by atoms with van der Waals surface area (Å²) in [6.07, 6.45) is 4.64. The Bertz CT molecular complexity index is 722. The Morgan fingerprint density at radius 3 is 2.84 bits per heavy atom. The monoisotopic (exact) mass is 253 g/mol. The number of hydrogen-bond acceptors (Lipinski definition) is 3. The van der Waals surface area contributed by atoms with Crippen molar-refractivity contribution in [2.45, 2.75) is 5.92 Å². The van der Waals surface area contributed by atoms with Gasteiger partial charge in [-0.25, -0.2) is 9.97 Å². The molecule has 0 aliphatic carbocycles. The highest BCUT2D eigenvalue weighted by Crippen LogP contribution is 2.29. The van der Waals surface area contributed by atoms with Gasteiger partial charge in [0.15, 0.2) is 0 Å². The van der Waals surface area contributed by atoms with Crippen LogP contribution in [-0.4, -0.2) is 26.0 Å². The van der Waals surface area contributed by atoms with E-state index in [2.05, 4.69) is 15.0 Å². The molecule has 5 heteroatoms. The highest BCUT2D eigenvalue weighted by molar-refractivity contribution is 5.91. The van der Waals surface area contributed by atoms with Gasteiger partial charge in [0.25, 0.3) is 0 Å². The van der Waals surface area contributed by atoms with E-state index in [9.17, 15) is 9.90 Å². The minimum absolute atomic E-state index is 0.479. The van der Waals surface area contributed by atoms with Crippen LogP contribution in [0.1, 0.15) is 17.2 Å². The third kappa shape index (κ3) is 1.95. The van der Waals surface area contributed by atoms with E-state index in [1.807, 2.05) is 24.3 Å². The van der Waals surface area contributed by atoms with Gasteiger partial charge < -0.3 is 10.1 Å². The van der Waals surface area contributed by atoms with Crippen LogP contribution in [0.3, 0.4) is 0 Å². The summed E-state index contributed by atoms with van der Waals surface area (Å²) in [6, 6.07) is 9.23. The molecule has 1 atom stereocenters. The Morgan fingerprint density at radius 2 is 2.11 bits per heavy atom. The fourth-order valence-electron chi connectivity index (χ4n) is 2.22. The summed E-state index contributed by atoms with van der Waals surface area (Å²) < 4.78 is 0. The highest BCUT2D eigenvalue weighted by Gasteiger charge is 2.26. The molecule has 0 aliphatic rings. The zero-order chi connectivity index (χ0) is 13.2. The Labute approximate surface area is 109 Å². The van der Waals surface area contributed by atoms with Crippen molar-refractivity contribution in [2.75, 3.05) is 0 Å². The predicted octanol–water partition coefficient (Wildman–Crippen LogP) is 2.17. The molecular weight excluding hydrogens is 242 g/mol. The summed E-state index contributed by atoms with van der Waals surface area (Å²) in [5.74, 6) is -1.72. The molecule has 0 amide bonds. The van der Waals surface area contributed by atoms with E-state index in [-0.39, 0.29) is 0 Å². The lowest BCUT2D eigenvalue weighted by Gasteiger charge is -2.10. The standard InChI is InChI=1S/C14H11N3O2/c18-14(19)13(12-5-6-15-8-17-12)10-7-16-11-4-2-1-3-9(10)11/h1-8,13,16H,(H,18,19). The number of H-pyrrole nitrogens is 1. The molecule has 5 nitrogen and oxygen atoms in total. The van der Waals surface area contributed by atoms with Crippen LogP contribution in [-0.2, 0) is 4.79 Å². The van der Waals surface area contributed by atoms with Crippen molar-refractivity contribution >= 4 is 16.9 Å². The number of aromatic amines is 1. The highest BCUT2D eigenvalue weighted by atomic mass is 16.4. The first-order valence-electron chi connectivity index (χ1n) is 5.82. The number of fused-ring (bicyclic) bond motifs is 1. The van der Waals surface area contributed by atoms with Crippen LogP contribution in [0.4, 0.5) is 0 Å². The zero-order valence-electron chi connectivity index (χ0n) is 9.95. The molecule has 1 aromatic carbocycles. The lowest BCUT2D eigenvalue weighted by atomic mass is 9.95. The van der Waals surface area contributed by atoms with Crippen LogP contribution in [0, 0.1) is 0 Å². The molecule has 94 valence electrons. The predicted molar refractivity (Wildman–Crippen MR) is 69.8 cm³/mol. The Morgan fingerprint density at radius 1 is 1.26 bits per heavy atom. The number of carbonyl (C=O) groups is 1. The maximum atomic E-state index is 11.6. The first-order valence-corrected chi connectivity index (χ1v) is 5.82. The van der Waals surface area contributed by atoms with Crippen LogP contribution < -0.4 is 0 Å². The number of aliphatic carboxylic acids is 1. The molecule has 0 fully saturated rings. The van der Waals surface area contributed by atoms with Crippen molar-refractivity contribution in [1.82, 2.24) is 15.0 Å². The van der Waals surface area contributed by atoms with Gasteiger partial charge in [0.05, 0.1) is 5.69 Å². The number of rotatable bonds is 3.